The molecule has 0 bridgehead atoms. The summed E-state index contributed by atoms with van der Waals surface area (Å²) in [6.45, 7) is 6.00. The van der Waals surface area contributed by atoms with Gasteiger partial charge in [0, 0.05) is 54.7 Å². The number of aromatic nitrogens is 4. The van der Waals surface area contributed by atoms with Crippen LogP contribution in [0.1, 0.15) is 30.2 Å². The number of halogens is 1. The predicted octanol–water partition coefficient (Wildman–Crippen LogP) is 4.38. The van der Waals surface area contributed by atoms with Gasteiger partial charge in [-0.15, -0.1) is 5.10 Å². The third-order valence-corrected chi connectivity index (χ3v) is 11.6. The third-order valence-electron chi connectivity index (χ3n) is 9.13. The highest BCUT2D eigenvalue weighted by molar-refractivity contribution is 6.72. The number of anilines is 1. The minimum atomic E-state index is -3.31. The molecule has 4 aromatic rings. The summed E-state index contributed by atoms with van der Waals surface area (Å²) in [6.07, 6.45) is 3.83. The van der Waals surface area contributed by atoms with Crippen molar-refractivity contribution < 1.29 is 23.5 Å². The number of aryl methyl sites for hydroxylation is 1. The fourth-order valence-electron chi connectivity index (χ4n) is 7.18. The van der Waals surface area contributed by atoms with Crippen LogP contribution in [0.2, 0.25) is 18.6 Å². The number of nitrogens with zero attached hydrogens (tertiary/aromatic N) is 5. The van der Waals surface area contributed by atoms with E-state index < -0.39 is 31.6 Å². The molecule has 0 unspecified atom stereocenters. The van der Waals surface area contributed by atoms with Gasteiger partial charge in [0.25, 0.3) is 11.5 Å². The molecule has 0 saturated carbocycles. The Morgan fingerprint density at radius 1 is 1.11 bits per heavy atom. The summed E-state index contributed by atoms with van der Waals surface area (Å²) < 4.78 is 31.4. The van der Waals surface area contributed by atoms with E-state index >= 15 is 4.11 Å². The minimum absolute atomic E-state index is 0.0178. The van der Waals surface area contributed by atoms with Crippen molar-refractivity contribution in [2.24, 2.45) is 5.92 Å². The van der Waals surface area contributed by atoms with Crippen LogP contribution < -0.4 is 15.2 Å². The van der Waals surface area contributed by atoms with Crippen LogP contribution in [0.25, 0.3) is 5.69 Å². The van der Waals surface area contributed by atoms with E-state index in [0.717, 1.165) is 16.8 Å². The Bertz CT molecular complexity index is 1770. The summed E-state index contributed by atoms with van der Waals surface area (Å²) in [6, 6.07) is 18.5. The van der Waals surface area contributed by atoms with Crippen molar-refractivity contribution >= 4 is 20.0 Å². The summed E-state index contributed by atoms with van der Waals surface area (Å²) in [5.41, 5.74) is 1.61. The molecule has 236 valence electrons. The van der Waals surface area contributed by atoms with E-state index in [-0.39, 0.29) is 30.4 Å². The quantitative estimate of drug-likeness (QED) is 0.204. The first-order valence-corrected chi connectivity index (χ1v) is 18.2. The molecule has 1 saturated heterocycles. The van der Waals surface area contributed by atoms with Crippen molar-refractivity contribution in [2.45, 2.75) is 63.2 Å². The Hall–Kier alpha value is -4.13. The second-order valence-corrected chi connectivity index (χ2v) is 16.1. The predicted molar refractivity (Wildman–Crippen MR) is 170 cm³/mol. The number of benzene rings is 2. The van der Waals surface area contributed by atoms with E-state index in [1.54, 1.807) is 47.2 Å². The maximum atomic E-state index is 16.1. The van der Waals surface area contributed by atoms with Crippen LogP contribution in [0.4, 0.5) is 9.80 Å². The number of amides is 1. The van der Waals surface area contributed by atoms with Gasteiger partial charge >= 0.3 is 0 Å². The number of fused-ring (bicyclic) bond motifs is 2. The molecule has 6 rings (SSSR count). The van der Waals surface area contributed by atoms with Gasteiger partial charge in [-0.2, -0.15) is 0 Å². The number of methoxy groups -OCH3 is 1. The molecule has 4 heterocycles. The topological polar surface area (TPSA) is 112 Å². The fourth-order valence-corrected chi connectivity index (χ4v) is 9.73. The number of aliphatic hydroxyl groups is 1. The van der Waals surface area contributed by atoms with Crippen LogP contribution >= 0.6 is 0 Å². The van der Waals surface area contributed by atoms with E-state index in [1.807, 2.05) is 55.5 Å². The molecule has 0 radical (unpaired) electrons. The van der Waals surface area contributed by atoms with Crippen molar-refractivity contribution in [1.29, 1.82) is 0 Å². The van der Waals surface area contributed by atoms with Crippen molar-refractivity contribution in [3.8, 4) is 11.4 Å². The third kappa shape index (κ3) is 5.40. The Morgan fingerprint density at radius 3 is 2.67 bits per heavy atom. The average molecular weight is 632 g/mol. The van der Waals surface area contributed by atoms with E-state index in [4.69, 9.17) is 9.47 Å². The number of hydrogen-bond acceptors (Lipinski definition) is 7. The molecule has 2 aliphatic rings. The van der Waals surface area contributed by atoms with Gasteiger partial charge in [-0.3, -0.25) is 18.8 Å². The van der Waals surface area contributed by atoms with E-state index in [1.165, 1.54) is 11.7 Å². The molecule has 1 fully saturated rings. The zero-order valence-corrected chi connectivity index (χ0v) is 26.9. The monoisotopic (exact) mass is 631 g/mol. The first kappa shape index (κ1) is 30.9. The van der Waals surface area contributed by atoms with Gasteiger partial charge in [-0.25, -0.2) is 0 Å². The first-order chi connectivity index (χ1) is 21.6. The van der Waals surface area contributed by atoms with Crippen molar-refractivity contribution in [3.05, 3.63) is 100 Å². The van der Waals surface area contributed by atoms with Gasteiger partial charge in [-0.1, -0.05) is 42.5 Å². The van der Waals surface area contributed by atoms with Crippen LogP contribution in [0, 0.1) is 5.92 Å². The lowest BCUT2D eigenvalue weighted by molar-refractivity contribution is -0.146. The number of para-hydroxylation sites is 1. The molecule has 1 spiro atoms. The van der Waals surface area contributed by atoms with Crippen molar-refractivity contribution in [3.63, 3.8) is 0 Å². The van der Waals surface area contributed by atoms with Gasteiger partial charge in [0.15, 0.2) is 11.4 Å². The SMILES string of the molecule is COc1cccn(-c2cccc(CN3C(=O)[C@]4(O[C@H](CCn5cc(CCO)nn5)[C@@H]([Si](C)(C)F)[C@@H]4C)c4ccccc43)c2)c1=O. The van der Waals surface area contributed by atoms with Gasteiger partial charge in [0.1, 0.15) is 0 Å². The number of carbonyl (C=O) groups is 1. The van der Waals surface area contributed by atoms with E-state index in [0.29, 0.717) is 30.8 Å². The van der Waals surface area contributed by atoms with Gasteiger partial charge < -0.3 is 23.6 Å². The first-order valence-electron chi connectivity index (χ1n) is 15.2. The maximum Gasteiger partial charge on any atom is 0.297 e. The van der Waals surface area contributed by atoms with Gasteiger partial charge in [0.05, 0.1) is 31.1 Å². The molecule has 10 nitrogen and oxygen atoms in total. The highest BCUT2D eigenvalue weighted by atomic mass is 28.4. The molecule has 2 aromatic carbocycles. The highest BCUT2D eigenvalue weighted by Gasteiger charge is 2.66. The summed E-state index contributed by atoms with van der Waals surface area (Å²) in [4.78, 5) is 29.3. The Labute approximate surface area is 262 Å². The zero-order valence-electron chi connectivity index (χ0n) is 25.9. The molecule has 0 aliphatic carbocycles. The number of rotatable bonds is 10. The molecule has 1 amide bonds. The van der Waals surface area contributed by atoms with E-state index in [9.17, 15) is 14.7 Å². The summed E-state index contributed by atoms with van der Waals surface area (Å²) in [5, 5.41) is 17.5. The van der Waals surface area contributed by atoms with Crippen LogP contribution in [-0.4, -0.2) is 58.8 Å². The summed E-state index contributed by atoms with van der Waals surface area (Å²) in [7, 11) is -1.85. The van der Waals surface area contributed by atoms with Crippen molar-refractivity contribution in [1.82, 2.24) is 19.6 Å². The maximum absolute atomic E-state index is 16.1. The Morgan fingerprint density at radius 2 is 1.91 bits per heavy atom. The van der Waals surface area contributed by atoms with Gasteiger partial charge in [-0.05, 0) is 55.4 Å². The molecule has 1 N–H and O–H groups in total. The average Bonchev–Trinajstić information content (AvgIpc) is 3.66. The fraction of sp³-hybridized carbons (Fsp3) is 0.394. The largest absolute Gasteiger partial charge is 0.491 e. The summed E-state index contributed by atoms with van der Waals surface area (Å²) in [5.74, 6) is -0.383. The molecule has 2 aliphatic heterocycles. The molecular weight excluding hydrogens is 593 g/mol. The molecular formula is C33H38FN5O5Si. The zero-order chi connectivity index (χ0) is 31.9. The second kappa shape index (κ2) is 12.0. The number of carbonyl (C=O) groups excluding carboxylic acids is 1. The number of aliphatic hydroxyl groups excluding tert-OH is 1. The van der Waals surface area contributed by atoms with Gasteiger partial charge in [0.2, 0.25) is 8.41 Å². The molecule has 2 aromatic heterocycles. The lowest BCUT2D eigenvalue weighted by Crippen LogP contribution is -2.45. The van der Waals surface area contributed by atoms with E-state index in [2.05, 4.69) is 10.3 Å². The number of pyridine rings is 1. The smallest absolute Gasteiger partial charge is 0.297 e. The second-order valence-electron chi connectivity index (χ2n) is 12.3. The van der Waals surface area contributed by atoms with Crippen LogP contribution in [0.3, 0.4) is 0 Å². The molecule has 45 heavy (non-hydrogen) atoms. The lowest BCUT2D eigenvalue weighted by atomic mass is 9.82. The van der Waals surface area contributed by atoms with Crippen LogP contribution in [-0.2, 0) is 34.6 Å². The highest BCUT2D eigenvalue weighted by Crippen LogP contribution is 2.60. The van der Waals surface area contributed by atoms with Crippen molar-refractivity contribution in [2.75, 3.05) is 18.6 Å². The van der Waals surface area contributed by atoms with Crippen LogP contribution in [0.15, 0.2) is 77.9 Å². The molecule has 12 heteroatoms. The standard InChI is InChI=1S/C33H38FN5O5Si/c1-22-30(45(3,4)34)28(14-17-37-21-24(15-18-40)35-36-37)44-33(22)26-11-5-6-12-27(26)39(32(33)42)20-23-9-7-10-25(19-23)38-16-8-13-29(43-2)31(38)41/h5-13,16,19,21-22,28,30,40H,14-15,17-18,20H2,1-4H3/t22-,28+,30-,33+/m0/s1. The summed E-state index contributed by atoms with van der Waals surface area (Å²) >= 11 is 0. The Balaban J connectivity index is 1.32. The number of hydrogen-bond donors (Lipinski definition) is 1. The normalized spacial score (nSPS) is 22.8. The van der Waals surface area contributed by atoms with Crippen LogP contribution in [0.5, 0.6) is 5.75 Å². The lowest BCUT2D eigenvalue weighted by Gasteiger charge is -2.31. The molecule has 4 atom stereocenters. The number of ether oxygens (including phenoxy) is 2. The minimum Gasteiger partial charge on any atom is -0.491 e. The Kier molecular flexibility index (Phi) is 8.23.